The molecule has 2 rings (SSSR count). The van der Waals surface area contributed by atoms with Crippen LogP contribution in [0.3, 0.4) is 0 Å². The lowest BCUT2D eigenvalue weighted by Crippen LogP contribution is -2.40. The number of sulfonamides is 1. The quantitative estimate of drug-likeness (QED) is 0.826. The molecule has 0 spiro atoms. The zero-order valence-electron chi connectivity index (χ0n) is 14.4. The average Bonchev–Trinajstić information content (AvgIpc) is 3.01. The Morgan fingerprint density at radius 3 is 2.54 bits per heavy atom. The van der Waals surface area contributed by atoms with E-state index >= 15 is 0 Å². The molecular weight excluding hydrogens is 354 g/mol. The fourth-order valence-corrected chi connectivity index (χ4v) is 4.12. The van der Waals surface area contributed by atoms with Crippen LogP contribution in [0.1, 0.15) is 44.7 Å². The van der Waals surface area contributed by atoms with Gasteiger partial charge in [-0.25, -0.2) is 13.1 Å². The monoisotopic (exact) mass is 379 g/mol. The van der Waals surface area contributed by atoms with Crippen molar-refractivity contribution in [1.82, 2.24) is 9.62 Å². The van der Waals surface area contributed by atoms with E-state index in [0.29, 0.717) is 13.1 Å². The Hall–Kier alpha value is -1.09. The molecule has 2 heterocycles. The second-order valence-corrected chi connectivity index (χ2v) is 8.73. The number of amides is 1. The normalized spacial score (nSPS) is 21.6. The molecule has 1 aliphatic rings. The van der Waals surface area contributed by atoms with Crippen molar-refractivity contribution in [3.63, 3.8) is 0 Å². The van der Waals surface area contributed by atoms with E-state index in [1.165, 1.54) is 12.1 Å². The van der Waals surface area contributed by atoms with Gasteiger partial charge < -0.3 is 15.1 Å². The highest BCUT2D eigenvalue weighted by Gasteiger charge is 2.34. The number of carbonyl (C=O) groups excluding carboxylic acids is 1. The van der Waals surface area contributed by atoms with E-state index in [4.69, 9.17) is 10.2 Å². The number of nitrogens with one attached hydrogen (secondary N) is 1. The number of likely N-dealkylation sites (tertiary alicyclic amines) is 1. The van der Waals surface area contributed by atoms with Crippen molar-refractivity contribution in [3.8, 4) is 0 Å². The fourth-order valence-electron chi connectivity index (χ4n) is 2.77. The maximum atomic E-state index is 12.5. The third kappa shape index (κ3) is 4.72. The minimum Gasteiger partial charge on any atom is -0.438 e. The molecular formula is C15H26ClN3O4S. The summed E-state index contributed by atoms with van der Waals surface area (Å²) in [6.07, 6.45) is 0.847. The van der Waals surface area contributed by atoms with Crippen molar-refractivity contribution in [1.29, 1.82) is 0 Å². The predicted molar refractivity (Wildman–Crippen MR) is 93.7 cm³/mol. The van der Waals surface area contributed by atoms with Gasteiger partial charge >= 0.3 is 0 Å². The first-order valence-corrected chi connectivity index (χ1v) is 9.16. The van der Waals surface area contributed by atoms with Gasteiger partial charge in [0.25, 0.3) is 15.9 Å². The summed E-state index contributed by atoms with van der Waals surface area (Å²) in [6, 6.07) is 2.78. The summed E-state index contributed by atoms with van der Waals surface area (Å²) in [5, 5.41) is -0.252. The van der Waals surface area contributed by atoms with Gasteiger partial charge in [0.2, 0.25) is 5.09 Å². The number of halogens is 1. The van der Waals surface area contributed by atoms with Crippen LogP contribution < -0.4 is 10.5 Å². The lowest BCUT2D eigenvalue weighted by molar-refractivity contribution is 0.0705. The number of furan rings is 1. The Balaban J connectivity index is 0.00000288. The van der Waals surface area contributed by atoms with Gasteiger partial charge in [-0.2, -0.15) is 0 Å². The molecule has 0 radical (unpaired) electrons. The average molecular weight is 380 g/mol. The summed E-state index contributed by atoms with van der Waals surface area (Å²) in [5.74, 6) is 0.00383. The maximum absolute atomic E-state index is 12.5. The van der Waals surface area contributed by atoms with Crippen molar-refractivity contribution < 1.29 is 17.6 Å². The predicted octanol–water partition coefficient (Wildman–Crippen LogP) is 1.59. The van der Waals surface area contributed by atoms with Gasteiger partial charge in [0.15, 0.2) is 5.76 Å². The van der Waals surface area contributed by atoms with Crippen molar-refractivity contribution in [3.05, 3.63) is 17.9 Å². The Labute approximate surface area is 149 Å². The van der Waals surface area contributed by atoms with Gasteiger partial charge in [-0.3, -0.25) is 4.79 Å². The second kappa shape index (κ2) is 7.43. The first kappa shape index (κ1) is 21.0. The van der Waals surface area contributed by atoms with Crippen LogP contribution in [-0.2, 0) is 10.0 Å². The SMILES string of the molecule is CC1CC(CN)CN1C(=O)c1ccc(S(=O)(=O)NC(C)(C)C)o1.Cl. The number of rotatable bonds is 4. The number of nitrogens with two attached hydrogens (primary N) is 1. The zero-order chi connectivity index (χ0) is 17.4. The first-order chi connectivity index (χ1) is 10.5. The van der Waals surface area contributed by atoms with Crippen LogP contribution in [-0.4, -0.2) is 43.9 Å². The number of hydrogen-bond donors (Lipinski definition) is 2. The zero-order valence-corrected chi connectivity index (χ0v) is 16.0. The lowest BCUT2D eigenvalue weighted by Gasteiger charge is -2.20. The van der Waals surface area contributed by atoms with Crippen molar-refractivity contribution in [2.75, 3.05) is 13.1 Å². The van der Waals surface area contributed by atoms with Crippen LogP contribution in [0.25, 0.3) is 0 Å². The second-order valence-electron chi connectivity index (χ2n) is 7.12. The van der Waals surface area contributed by atoms with Gasteiger partial charge in [-0.1, -0.05) is 0 Å². The molecule has 24 heavy (non-hydrogen) atoms. The highest BCUT2D eigenvalue weighted by molar-refractivity contribution is 7.89. The Kier molecular flexibility index (Phi) is 6.49. The first-order valence-electron chi connectivity index (χ1n) is 7.68. The molecule has 9 heteroatoms. The molecule has 1 aliphatic heterocycles. The van der Waals surface area contributed by atoms with Gasteiger partial charge in [0, 0.05) is 18.1 Å². The van der Waals surface area contributed by atoms with Gasteiger partial charge in [0.1, 0.15) is 0 Å². The molecule has 2 unspecified atom stereocenters. The number of hydrogen-bond acceptors (Lipinski definition) is 5. The van der Waals surface area contributed by atoms with Crippen molar-refractivity contribution in [2.24, 2.45) is 11.7 Å². The summed E-state index contributed by atoms with van der Waals surface area (Å²) in [5.41, 5.74) is 5.04. The van der Waals surface area contributed by atoms with Crippen molar-refractivity contribution >= 4 is 28.3 Å². The van der Waals surface area contributed by atoms with Crippen LogP contribution >= 0.6 is 12.4 Å². The van der Waals surface area contributed by atoms with Crippen LogP contribution in [0, 0.1) is 5.92 Å². The molecule has 3 N–H and O–H groups in total. The molecule has 138 valence electrons. The minimum absolute atomic E-state index is 0. The molecule has 1 aromatic rings. The molecule has 1 aromatic heterocycles. The number of nitrogens with zero attached hydrogens (tertiary/aromatic N) is 1. The summed E-state index contributed by atoms with van der Waals surface area (Å²) in [4.78, 5) is 14.2. The summed E-state index contributed by atoms with van der Waals surface area (Å²) in [7, 11) is -3.79. The molecule has 1 saturated heterocycles. The molecule has 2 atom stereocenters. The standard InChI is InChI=1S/C15H25N3O4S.ClH/c1-10-7-11(8-16)9-18(10)14(19)12-5-6-13(22-12)23(20,21)17-15(2,3)4;/h5-6,10-11,17H,7-9,16H2,1-4H3;1H. The summed E-state index contributed by atoms with van der Waals surface area (Å²) in [6.45, 7) is 8.26. The van der Waals surface area contributed by atoms with E-state index in [9.17, 15) is 13.2 Å². The highest BCUT2D eigenvalue weighted by Crippen LogP contribution is 2.25. The van der Waals surface area contributed by atoms with Crippen LogP contribution in [0.5, 0.6) is 0 Å². The van der Waals surface area contributed by atoms with Crippen LogP contribution in [0.4, 0.5) is 0 Å². The van der Waals surface area contributed by atoms with Crippen LogP contribution in [0.15, 0.2) is 21.6 Å². The van der Waals surface area contributed by atoms with E-state index in [1.807, 2.05) is 6.92 Å². The molecule has 0 saturated carbocycles. The summed E-state index contributed by atoms with van der Waals surface area (Å²) >= 11 is 0. The van der Waals surface area contributed by atoms with E-state index in [1.54, 1.807) is 25.7 Å². The molecule has 0 aromatic carbocycles. The third-order valence-electron chi connectivity index (χ3n) is 3.75. The van der Waals surface area contributed by atoms with Gasteiger partial charge in [-0.15, -0.1) is 12.4 Å². The van der Waals surface area contributed by atoms with Gasteiger partial charge in [0.05, 0.1) is 0 Å². The fraction of sp³-hybridized carbons (Fsp3) is 0.667. The Morgan fingerprint density at radius 2 is 2.04 bits per heavy atom. The lowest BCUT2D eigenvalue weighted by atomic mass is 10.1. The van der Waals surface area contributed by atoms with Crippen molar-refractivity contribution in [2.45, 2.75) is 50.8 Å². The maximum Gasteiger partial charge on any atom is 0.289 e. The van der Waals surface area contributed by atoms with Crippen LogP contribution in [0.2, 0.25) is 0 Å². The molecule has 1 fully saturated rings. The molecule has 1 amide bonds. The molecule has 0 aliphatic carbocycles. The topological polar surface area (TPSA) is 106 Å². The highest BCUT2D eigenvalue weighted by atomic mass is 35.5. The summed E-state index contributed by atoms with van der Waals surface area (Å²) < 4.78 is 32.3. The Morgan fingerprint density at radius 1 is 1.42 bits per heavy atom. The number of carbonyl (C=O) groups is 1. The smallest absolute Gasteiger partial charge is 0.289 e. The van der Waals surface area contributed by atoms with E-state index in [-0.39, 0.29) is 41.1 Å². The largest absolute Gasteiger partial charge is 0.438 e. The van der Waals surface area contributed by atoms with E-state index < -0.39 is 15.6 Å². The van der Waals surface area contributed by atoms with E-state index in [0.717, 1.165) is 6.42 Å². The Bertz CT molecular complexity index is 681. The van der Waals surface area contributed by atoms with E-state index in [2.05, 4.69) is 4.72 Å². The third-order valence-corrected chi connectivity index (χ3v) is 5.38. The minimum atomic E-state index is -3.79. The van der Waals surface area contributed by atoms with Gasteiger partial charge in [-0.05, 0) is 58.7 Å². The molecule has 7 nitrogen and oxygen atoms in total. The molecule has 0 bridgehead atoms.